The molecule has 1 heteroatoms. The van der Waals surface area contributed by atoms with Gasteiger partial charge in [-0.1, -0.05) is 57.4 Å². The molecule has 0 radical (unpaired) electrons. The Hall–Kier alpha value is -1.11. The van der Waals surface area contributed by atoms with Crippen LogP contribution in [0.15, 0.2) is 24.3 Å². The molecule has 0 saturated heterocycles. The molecule has 1 fully saturated rings. The van der Waals surface area contributed by atoms with Crippen molar-refractivity contribution in [1.82, 2.24) is 0 Å². The molecule has 0 amide bonds. The predicted octanol–water partition coefficient (Wildman–Crippen LogP) is 5.35. The maximum Gasteiger partial charge on any atom is 0.162 e. The number of Topliss-reactive ketones (excluding diaryl/α,β-unsaturated/α-hetero) is 1. The lowest BCUT2D eigenvalue weighted by Crippen LogP contribution is -2.05. The van der Waals surface area contributed by atoms with Crippen LogP contribution in [0.4, 0.5) is 0 Å². The molecule has 0 atom stereocenters. The van der Waals surface area contributed by atoms with Gasteiger partial charge in [0, 0.05) is 12.0 Å². The fourth-order valence-corrected chi connectivity index (χ4v) is 2.94. The topological polar surface area (TPSA) is 17.1 Å². The summed E-state index contributed by atoms with van der Waals surface area (Å²) in [6, 6.07) is 8.43. The summed E-state index contributed by atoms with van der Waals surface area (Å²) >= 11 is 0. The molecule has 1 saturated carbocycles. The Kier molecular flexibility index (Phi) is 5.18. The number of carbonyl (C=O) groups excluding carboxylic acids is 1. The van der Waals surface area contributed by atoms with Gasteiger partial charge in [-0.05, 0) is 36.7 Å². The summed E-state index contributed by atoms with van der Waals surface area (Å²) in [7, 11) is 0. The first-order valence-electron chi connectivity index (χ1n) is 7.80. The SMILES string of the molecule is CC(C)CCC(=O)c1ccc(C2CCCCC2)cc1. The second kappa shape index (κ2) is 6.88. The van der Waals surface area contributed by atoms with Crippen LogP contribution in [0.1, 0.15) is 80.6 Å². The van der Waals surface area contributed by atoms with E-state index in [1.807, 2.05) is 12.1 Å². The molecule has 0 spiro atoms. The van der Waals surface area contributed by atoms with Crippen molar-refractivity contribution in [2.75, 3.05) is 0 Å². The number of hydrogen-bond acceptors (Lipinski definition) is 1. The van der Waals surface area contributed by atoms with E-state index in [0.717, 1.165) is 17.9 Å². The summed E-state index contributed by atoms with van der Waals surface area (Å²) in [5.74, 6) is 1.63. The van der Waals surface area contributed by atoms with Gasteiger partial charge in [0.1, 0.15) is 0 Å². The van der Waals surface area contributed by atoms with Crippen LogP contribution >= 0.6 is 0 Å². The molecular weight excluding hydrogens is 232 g/mol. The third kappa shape index (κ3) is 4.19. The lowest BCUT2D eigenvalue weighted by atomic mass is 9.84. The molecule has 0 aliphatic heterocycles. The maximum absolute atomic E-state index is 12.0. The molecule has 0 unspecified atom stereocenters. The molecular formula is C18H26O. The summed E-state index contributed by atoms with van der Waals surface area (Å²) in [5.41, 5.74) is 2.32. The highest BCUT2D eigenvalue weighted by atomic mass is 16.1. The minimum atomic E-state index is 0.295. The lowest BCUT2D eigenvalue weighted by molar-refractivity contribution is 0.0975. The molecule has 1 aromatic rings. The Balaban J connectivity index is 1.95. The van der Waals surface area contributed by atoms with Crippen molar-refractivity contribution in [3.63, 3.8) is 0 Å². The Labute approximate surface area is 117 Å². The van der Waals surface area contributed by atoms with E-state index in [0.29, 0.717) is 18.1 Å². The van der Waals surface area contributed by atoms with Crippen LogP contribution in [0.3, 0.4) is 0 Å². The zero-order chi connectivity index (χ0) is 13.7. The van der Waals surface area contributed by atoms with Crippen LogP contribution in [0.2, 0.25) is 0 Å². The normalized spacial score (nSPS) is 16.8. The number of hydrogen-bond donors (Lipinski definition) is 0. The summed E-state index contributed by atoms with van der Waals surface area (Å²) in [6.07, 6.45) is 8.42. The fourth-order valence-electron chi connectivity index (χ4n) is 2.94. The van der Waals surface area contributed by atoms with Gasteiger partial charge in [0.05, 0.1) is 0 Å². The zero-order valence-electron chi connectivity index (χ0n) is 12.3. The maximum atomic E-state index is 12.0. The van der Waals surface area contributed by atoms with Crippen LogP contribution in [0.25, 0.3) is 0 Å². The van der Waals surface area contributed by atoms with Gasteiger partial charge in [-0.2, -0.15) is 0 Å². The van der Waals surface area contributed by atoms with Crippen LogP contribution in [-0.4, -0.2) is 5.78 Å². The Bertz CT molecular complexity index is 396. The molecule has 0 aromatic heterocycles. The highest BCUT2D eigenvalue weighted by Crippen LogP contribution is 2.32. The van der Waals surface area contributed by atoms with Crippen LogP contribution in [0.5, 0.6) is 0 Å². The van der Waals surface area contributed by atoms with Crippen molar-refractivity contribution in [2.45, 2.75) is 64.7 Å². The van der Waals surface area contributed by atoms with E-state index in [1.54, 1.807) is 0 Å². The second-order valence-corrected chi connectivity index (χ2v) is 6.31. The predicted molar refractivity (Wildman–Crippen MR) is 80.7 cm³/mol. The summed E-state index contributed by atoms with van der Waals surface area (Å²) in [6.45, 7) is 4.33. The first-order chi connectivity index (χ1) is 9.16. The van der Waals surface area contributed by atoms with E-state index in [1.165, 1.54) is 37.7 Å². The van der Waals surface area contributed by atoms with Crippen molar-refractivity contribution >= 4 is 5.78 Å². The third-order valence-electron chi connectivity index (χ3n) is 4.26. The number of carbonyl (C=O) groups is 1. The van der Waals surface area contributed by atoms with Gasteiger partial charge >= 0.3 is 0 Å². The molecule has 1 nitrogen and oxygen atoms in total. The smallest absolute Gasteiger partial charge is 0.162 e. The van der Waals surface area contributed by atoms with Crippen molar-refractivity contribution in [3.8, 4) is 0 Å². The summed E-state index contributed by atoms with van der Waals surface area (Å²) < 4.78 is 0. The fraction of sp³-hybridized carbons (Fsp3) is 0.611. The first kappa shape index (κ1) is 14.3. The second-order valence-electron chi connectivity index (χ2n) is 6.31. The van der Waals surface area contributed by atoms with Gasteiger partial charge in [0.25, 0.3) is 0 Å². The van der Waals surface area contributed by atoms with E-state index in [2.05, 4.69) is 26.0 Å². The summed E-state index contributed by atoms with van der Waals surface area (Å²) in [5, 5.41) is 0. The van der Waals surface area contributed by atoms with Crippen molar-refractivity contribution < 1.29 is 4.79 Å². The average Bonchev–Trinajstić information content (AvgIpc) is 2.46. The Morgan fingerprint density at radius 1 is 1.11 bits per heavy atom. The Morgan fingerprint density at radius 3 is 2.32 bits per heavy atom. The summed E-state index contributed by atoms with van der Waals surface area (Å²) in [4.78, 5) is 12.0. The molecule has 19 heavy (non-hydrogen) atoms. The van der Waals surface area contributed by atoms with Crippen molar-refractivity contribution in [1.29, 1.82) is 0 Å². The van der Waals surface area contributed by atoms with E-state index in [9.17, 15) is 4.79 Å². The van der Waals surface area contributed by atoms with Crippen LogP contribution in [-0.2, 0) is 0 Å². The molecule has 1 aliphatic rings. The molecule has 0 heterocycles. The van der Waals surface area contributed by atoms with Gasteiger partial charge in [-0.25, -0.2) is 0 Å². The van der Waals surface area contributed by atoms with Crippen LogP contribution in [0, 0.1) is 5.92 Å². The van der Waals surface area contributed by atoms with E-state index >= 15 is 0 Å². The quantitative estimate of drug-likeness (QED) is 0.650. The standard InChI is InChI=1S/C18H26O/c1-14(2)8-13-18(19)17-11-9-16(10-12-17)15-6-4-3-5-7-15/h9-12,14-15H,3-8,13H2,1-2H3. The van der Waals surface area contributed by atoms with Gasteiger partial charge < -0.3 is 0 Å². The van der Waals surface area contributed by atoms with Crippen molar-refractivity contribution in [2.24, 2.45) is 5.92 Å². The van der Waals surface area contributed by atoms with E-state index in [4.69, 9.17) is 0 Å². The highest BCUT2D eigenvalue weighted by Gasteiger charge is 2.15. The molecule has 1 aromatic carbocycles. The molecule has 0 bridgehead atoms. The van der Waals surface area contributed by atoms with Gasteiger partial charge in [-0.15, -0.1) is 0 Å². The minimum absolute atomic E-state index is 0.295. The minimum Gasteiger partial charge on any atom is -0.294 e. The Morgan fingerprint density at radius 2 is 1.74 bits per heavy atom. The van der Waals surface area contributed by atoms with Gasteiger partial charge in [-0.3, -0.25) is 4.79 Å². The van der Waals surface area contributed by atoms with Gasteiger partial charge in [0.2, 0.25) is 0 Å². The lowest BCUT2D eigenvalue weighted by Gasteiger charge is -2.22. The molecule has 104 valence electrons. The first-order valence-corrected chi connectivity index (χ1v) is 7.80. The van der Waals surface area contributed by atoms with E-state index in [-0.39, 0.29) is 0 Å². The number of ketones is 1. The average molecular weight is 258 g/mol. The highest BCUT2D eigenvalue weighted by molar-refractivity contribution is 5.96. The zero-order valence-corrected chi connectivity index (χ0v) is 12.3. The monoisotopic (exact) mass is 258 g/mol. The molecule has 2 rings (SSSR count). The van der Waals surface area contributed by atoms with Crippen LogP contribution < -0.4 is 0 Å². The number of benzene rings is 1. The number of rotatable bonds is 5. The molecule has 1 aliphatic carbocycles. The van der Waals surface area contributed by atoms with Gasteiger partial charge in [0.15, 0.2) is 5.78 Å². The van der Waals surface area contributed by atoms with E-state index < -0.39 is 0 Å². The molecule has 0 N–H and O–H groups in total. The largest absolute Gasteiger partial charge is 0.294 e. The van der Waals surface area contributed by atoms with Crippen molar-refractivity contribution in [3.05, 3.63) is 35.4 Å². The third-order valence-corrected chi connectivity index (χ3v) is 4.26.